The van der Waals surface area contributed by atoms with E-state index in [4.69, 9.17) is 12.2 Å². The third kappa shape index (κ3) is 4.23. The predicted octanol–water partition coefficient (Wildman–Crippen LogP) is 3.08. The van der Waals surface area contributed by atoms with Gasteiger partial charge in [0.2, 0.25) is 0 Å². The fraction of sp³-hybridized carbons (Fsp3) is 0.100. The van der Waals surface area contributed by atoms with Gasteiger partial charge in [-0.1, -0.05) is 42.5 Å². The summed E-state index contributed by atoms with van der Waals surface area (Å²) in [5.74, 6) is 0. The highest BCUT2D eigenvalue weighted by atomic mass is 32.2. The molecule has 1 aliphatic rings. The Morgan fingerprint density at radius 2 is 1.75 bits per heavy atom. The molecule has 0 aromatic heterocycles. The minimum Gasteiger partial charge on any atom is -0.307 e. The van der Waals surface area contributed by atoms with E-state index in [1.165, 1.54) is 23.1 Å². The maximum atomic E-state index is 12.8. The van der Waals surface area contributed by atoms with Crippen molar-refractivity contribution in [3.05, 3.63) is 76.8 Å². The van der Waals surface area contributed by atoms with Gasteiger partial charge in [-0.05, 0) is 29.7 Å². The molecule has 1 heterocycles. The molecule has 2 N–H and O–H groups in total. The van der Waals surface area contributed by atoms with Crippen LogP contribution in [0.25, 0.3) is 10.8 Å². The zero-order chi connectivity index (χ0) is 22.9. The number of amides is 2. The van der Waals surface area contributed by atoms with E-state index < -0.39 is 21.0 Å². The van der Waals surface area contributed by atoms with Gasteiger partial charge >= 0.3 is 6.03 Å². The zero-order valence-corrected chi connectivity index (χ0v) is 18.1. The maximum absolute atomic E-state index is 12.8. The lowest BCUT2D eigenvalue weighted by Crippen LogP contribution is -2.46. The van der Waals surface area contributed by atoms with Crippen molar-refractivity contribution in [2.24, 2.45) is 0 Å². The summed E-state index contributed by atoms with van der Waals surface area (Å²) in [4.78, 5) is 26.3. The van der Waals surface area contributed by atoms with Crippen molar-refractivity contribution in [3.63, 3.8) is 0 Å². The Hall–Kier alpha value is -3.61. The van der Waals surface area contributed by atoms with Crippen LogP contribution in [0.3, 0.4) is 0 Å². The van der Waals surface area contributed by atoms with Crippen molar-refractivity contribution in [2.45, 2.75) is 4.90 Å². The van der Waals surface area contributed by atoms with Gasteiger partial charge in [-0.25, -0.2) is 13.2 Å². The van der Waals surface area contributed by atoms with Crippen LogP contribution in [0.4, 0.5) is 16.2 Å². The van der Waals surface area contributed by atoms with E-state index >= 15 is 0 Å². The van der Waals surface area contributed by atoms with E-state index in [1.807, 2.05) is 36.4 Å². The normalized spacial score (nSPS) is 14.1. The van der Waals surface area contributed by atoms with Crippen molar-refractivity contribution in [1.82, 2.24) is 14.7 Å². The van der Waals surface area contributed by atoms with E-state index in [-0.39, 0.29) is 28.8 Å². The van der Waals surface area contributed by atoms with Gasteiger partial charge in [0.1, 0.15) is 0 Å². The number of benzene rings is 3. The molecule has 4 rings (SSSR count). The topological polar surface area (TPSA) is 125 Å². The van der Waals surface area contributed by atoms with Crippen molar-refractivity contribution in [1.29, 1.82) is 0 Å². The first-order valence-corrected chi connectivity index (χ1v) is 11.3. The molecule has 1 saturated heterocycles. The number of carbonyl (C=O) groups is 1. The average Bonchev–Trinajstić information content (AvgIpc) is 3.13. The number of sulfonamides is 1. The molecule has 1 aliphatic heterocycles. The van der Waals surface area contributed by atoms with Crippen LogP contribution < -0.4 is 10.1 Å². The predicted molar refractivity (Wildman–Crippen MR) is 122 cm³/mol. The van der Waals surface area contributed by atoms with E-state index in [9.17, 15) is 23.3 Å². The van der Waals surface area contributed by atoms with Crippen molar-refractivity contribution in [2.75, 3.05) is 18.4 Å². The third-order valence-corrected chi connectivity index (χ3v) is 6.63. The van der Waals surface area contributed by atoms with Gasteiger partial charge in [0.05, 0.1) is 22.1 Å². The number of anilines is 1. The van der Waals surface area contributed by atoms with Crippen molar-refractivity contribution in [3.8, 4) is 0 Å². The second kappa shape index (κ2) is 8.49. The Labute approximate surface area is 188 Å². The van der Waals surface area contributed by atoms with Gasteiger partial charge in [-0.15, -0.1) is 4.83 Å². The standard InChI is InChI=1S/C20H17N5O5S2/c26-19(21-18-10-3-6-14-5-1-2-9-17(14)18)23-11-12-24(20(23)31)22-32(29,30)16-8-4-7-15(13-16)25(27)28/h1-10,13,22H,11-12H2,(H,21,26). The summed E-state index contributed by atoms with van der Waals surface area (Å²) in [5.41, 5.74) is 0.250. The number of nitrogens with one attached hydrogen (secondary N) is 2. The molecular formula is C20H17N5O5S2. The molecule has 0 saturated carbocycles. The van der Waals surface area contributed by atoms with Crippen LogP contribution in [0, 0.1) is 10.1 Å². The molecule has 10 nitrogen and oxygen atoms in total. The van der Waals surface area contributed by atoms with Gasteiger partial charge in [0.15, 0.2) is 5.11 Å². The van der Waals surface area contributed by atoms with Crippen LogP contribution in [0.2, 0.25) is 0 Å². The minimum atomic E-state index is -4.14. The Morgan fingerprint density at radius 3 is 2.53 bits per heavy atom. The summed E-state index contributed by atoms with van der Waals surface area (Å²) < 4.78 is 25.3. The lowest BCUT2D eigenvalue weighted by atomic mass is 10.1. The number of fused-ring (bicyclic) bond motifs is 1. The Morgan fingerprint density at radius 1 is 1.03 bits per heavy atom. The average molecular weight is 472 g/mol. The van der Waals surface area contributed by atoms with Gasteiger partial charge in [-0.2, -0.15) is 0 Å². The van der Waals surface area contributed by atoms with Crippen molar-refractivity contribution >= 4 is 55.5 Å². The van der Waals surface area contributed by atoms with Crippen LogP contribution in [0.15, 0.2) is 71.6 Å². The second-order valence-corrected chi connectivity index (χ2v) is 8.92. The monoisotopic (exact) mass is 471 g/mol. The molecular weight excluding hydrogens is 454 g/mol. The first-order valence-electron chi connectivity index (χ1n) is 9.41. The molecule has 0 bridgehead atoms. The Bertz CT molecular complexity index is 1340. The summed E-state index contributed by atoms with van der Waals surface area (Å²) in [5, 5.41) is 16.7. The summed E-state index contributed by atoms with van der Waals surface area (Å²) in [6.45, 7) is 0.281. The highest BCUT2D eigenvalue weighted by Crippen LogP contribution is 2.24. The first-order chi connectivity index (χ1) is 15.3. The number of non-ortho nitro benzene ring substituents is 1. The quantitative estimate of drug-likeness (QED) is 0.333. The number of hydrogen-bond donors (Lipinski definition) is 2. The molecule has 0 aliphatic carbocycles. The lowest BCUT2D eigenvalue weighted by molar-refractivity contribution is -0.385. The van der Waals surface area contributed by atoms with E-state index in [0.717, 1.165) is 21.8 Å². The number of nitro groups is 1. The second-order valence-electron chi connectivity index (χ2n) is 6.89. The van der Waals surface area contributed by atoms with E-state index in [2.05, 4.69) is 10.1 Å². The van der Waals surface area contributed by atoms with Gasteiger partial charge in [0, 0.05) is 24.1 Å². The molecule has 3 aromatic rings. The minimum absolute atomic E-state index is 0.0308. The lowest BCUT2D eigenvalue weighted by Gasteiger charge is -2.21. The number of carbonyl (C=O) groups excluding carboxylic acids is 1. The largest absolute Gasteiger partial charge is 0.328 e. The van der Waals surface area contributed by atoms with Crippen LogP contribution in [0.1, 0.15) is 0 Å². The van der Waals surface area contributed by atoms with Crippen molar-refractivity contribution < 1.29 is 18.1 Å². The maximum Gasteiger partial charge on any atom is 0.328 e. The van der Waals surface area contributed by atoms with Gasteiger partial charge < -0.3 is 5.32 Å². The first kappa shape index (κ1) is 21.6. The SMILES string of the molecule is O=C(Nc1cccc2ccccc12)N1CCN(NS(=O)(=O)c2cccc([N+](=O)[O-])c2)C1=S. The molecule has 12 heteroatoms. The highest BCUT2D eigenvalue weighted by molar-refractivity contribution is 7.89. The Kier molecular flexibility index (Phi) is 5.74. The molecule has 1 fully saturated rings. The van der Waals surface area contributed by atoms with Gasteiger partial charge in [-0.3, -0.25) is 20.0 Å². The highest BCUT2D eigenvalue weighted by Gasteiger charge is 2.33. The number of thiocarbonyl (C=S) groups is 1. The van der Waals surface area contributed by atoms with Crippen LogP contribution >= 0.6 is 12.2 Å². The molecule has 0 radical (unpaired) electrons. The molecule has 0 unspecified atom stereocenters. The summed E-state index contributed by atoms with van der Waals surface area (Å²) in [6.07, 6.45) is 0. The number of rotatable bonds is 5. The fourth-order valence-electron chi connectivity index (χ4n) is 3.29. The van der Waals surface area contributed by atoms with E-state index in [0.29, 0.717) is 5.69 Å². The summed E-state index contributed by atoms with van der Waals surface area (Å²) >= 11 is 5.29. The smallest absolute Gasteiger partial charge is 0.307 e. The van der Waals surface area contributed by atoms with Crippen LogP contribution in [-0.4, -0.2) is 47.5 Å². The van der Waals surface area contributed by atoms with Gasteiger partial charge in [0.25, 0.3) is 15.7 Å². The molecule has 32 heavy (non-hydrogen) atoms. The summed E-state index contributed by atoms with van der Waals surface area (Å²) in [7, 11) is -4.14. The zero-order valence-electron chi connectivity index (χ0n) is 16.5. The molecule has 0 atom stereocenters. The molecule has 3 aromatic carbocycles. The molecule has 2 amide bonds. The van der Waals surface area contributed by atoms with E-state index in [1.54, 1.807) is 6.07 Å². The number of urea groups is 1. The molecule has 164 valence electrons. The van der Waals surface area contributed by atoms with Crippen LogP contribution in [0.5, 0.6) is 0 Å². The third-order valence-electron chi connectivity index (χ3n) is 4.85. The summed E-state index contributed by atoms with van der Waals surface area (Å²) in [6, 6.07) is 17.2. The number of nitro benzene ring substituents is 1. The number of hydrazine groups is 1. The Balaban J connectivity index is 1.48. The van der Waals surface area contributed by atoms with Crippen LogP contribution in [-0.2, 0) is 10.0 Å². The molecule has 0 spiro atoms. The number of hydrogen-bond acceptors (Lipinski definition) is 6. The number of nitrogens with zero attached hydrogens (tertiary/aromatic N) is 3. The fourth-order valence-corrected chi connectivity index (χ4v) is 4.77.